The normalized spacial score (nSPS) is 25.4. The molecule has 0 aromatic heterocycles. The number of carbonyl (C=O) groups excluding carboxylic acids is 1. The molecule has 2 aliphatic heterocycles. The molecule has 1 amide bonds. The molecule has 0 radical (unpaired) electrons. The van der Waals surface area contributed by atoms with Crippen LogP contribution >= 0.6 is 0 Å². The average Bonchev–Trinajstić information content (AvgIpc) is 2.93. The first-order chi connectivity index (χ1) is 8.60. The van der Waals surface area contributed by atoms with Crippen LogP contribution in [0.4, 0.5) is 0 Å². The number of amides is 1. The fourth-order valence-electron chi connectivity index (χ4n) is 2.52. The standard InChI is InChI=1S/C12H14N2O3S/c15-12-10-5-1-2-6-11(10)18(16,17)14(12)8-9-4-3-7-13-9/h1-2,5-6,9,13H,3-4,7-8H2. The Morgan fingerprint density at radius 2 is 2.11 bits per heavy atom. The lowest BCUT2D eigenvalue weighted by Gasteiger charge is -2.19. The van der Waals surface area contributed by atoms with Gasteiger partial charge in [0.05, 0.1) is 12.1 Å². The Morgan fingerprint density at radius 3 is 2.78 bits per heavy atom. The molecule has 1 N–H and O–H groups in total. The van der Waals surface area contributed by atoms with Crippen LogP contribution < -0.4 is 5.32 Å². The summed E-state index contributed by atoms with van der Waals surface area (Å²) in [6.45, 7) is 1.12. The molecule has 0 spiro atoms. The largest absolute Gasteiger partial charge is 0.312 e. The van der Waals surface area contributed by atoms with Gasteiger partial charge in [0.15, 0.2) is 0 Å². The zero-order valence-corrected chi connectivity index (χ0v) is 10.6. The number of fused-ring (bicyclic) bond motifs is 1. The zero-order valence-electron chi connectivity index (χ0n) is 9.80. The van der Waals surface area contributed by atoms with E-state index in [-0.39, 0.29) is 23.0 Å². The molecule has 5 nitrogen and oxygen atoms in total. The van der Waals surface area contributed by atoms with E-state index in [1.54, 1.807) is 18.2 Å². The third-order valence-corrected chi connectivity index (χ3v) is 5.27. The lowest BCUT2D eigenvalue weighted by atomic mass is 10.2. The Labute approximate surface area is 106 Å². The monoisotopic (exact) mass is 266 g/mol. The van der Waals surface area contributed by atoms with Crippen molar-refractivity contribution in [3.63, 3.8) is 0 Å². The molecular weight excluding hydrogens is 252 g/mol. The van der Waals surface area contributed by atoms with Crippen molar-refractivity contribution in [1.82, 2.24) is 9.62 Å². The molecule has 96 valence electrons. The van der Waals surface area contributed by atoms with E-state index in [1.165, 1.54) is 6.07 Å². The summed E-state index contributed by atoms with van der Waals surface area (Å²) in [6.07, 6.45) is 1.94. The molecule has 1 aromatic rings. The van der Waals surface area contributed by atoms with Crippen LogP contribution in [0.15, 0.2) is 29.2 Å². The number of benzene rings is 1. The highest BCUT2D eigenvalue weighted by Gasteiger charge is 2.41. The zero-order chi connectivity index (χ0) is 12.8. The van der Waals surface area contributed by atoms with Gasteiger partial charge in [-0.05, 0) is 31.5 Å². The van der Waals surface area contributed by atoms with Gasteiger partial charge in [0.2, 0.25) is 0 Å². The minimum Gasteiger partial charge on any atom is -0.312 e. The second kappa shape index (κ2) is 4.07. The first kappa shape index (κ1) is 11.7. The topological polar surface area (TPSA) is 66.5 Å². The van der Waals surface area contributed by atoms with E-state index < -0.39 is 15.9 Å². The molecule has 18 heavy (non-hydrogen) atoms. The molecule has 0 bridgehead atoms. The van der Waals surface area contributed by atoms with Crippen LogP contribution in [0.2, 0.25) is 0 Å². The van der Waals surface area contributed by atoms with Gasteiger partial charge in [0.25, 0.3) is 15.9 Å². The molecular formula is C12H14N2O3S. The van der Waals surface area contributed by atoms with E-state index in [4.69, 9.17) is 0 Å². The molecule has 2 heterocycles. The van der Waals surface area contributed by atoms with Gasteiger partial charge in [-0.25, -0.2) is 12.7 Å². The first-order valence-corrected chi connectivity index (χ1v) is 7.44. The van der Waals surface area contributed by atoms with Gasteiger partial charge >= 0.3 is 0 Å². The number of hydrogen-bond acceptors (Lipinski definition) is 4. The number of nitrogens with zero attached hydrogens (tertiary/aromatic N) is 1. The summed E-state index contributed by atoms with van der Waals surface area (Å²) in [4.78, 5) is 12.3. The van der Waals surface area contributed by atoms with Crippen molar-refractivity contribution in [1.29, 1.82) is 0 Å². The Balaban J connectivity index is 1.96. The molecule has 2 aliphatic rings. The summed E-state index contributed by atoms with van der Waals surface area (Å²) in [7, 11) is -3.64. The van der Waals surface area contributed by atoms with Crippen molar-refractivity contribution >= 4 is 15.9 Å². The maximum atomic E-state index is 12.3. The maximum Gasteiger partial charge on any atom is 0.269 e. The van der Waals surface area contributed by atoms with Gasteiger partial charge in [-0.1, -0.05) is 12.1 Å². The van der Waals surface area contributed by atoms with E-state index in [9.17, 15) is 13.2 Å². The molecule has 1 fully saturated rings. The molecule has 1 saturated heterocycles. The van der Waals surface area contributed by atoms with E-state index in [0.717, 1.165) is 23.7 Å². The number of rotatable bonds is 2. The lowest BCUT2D eigenvalue weighted by molar-refractivity contribution is 0.0864. The molecule has 3 rings (SSSR count). The van der Waals surface area contributed by atoms with Gasteiger partial charge in [0, 0.05) is 6.04 Å². The predicted octanol–water partition coefficient (Wildman–Crippen LogP) is 0.583. The van der Waals surface area contributed by atoms with Crippen LogP contribution in [0.5, 0.6) is 0 Å². The molecule has 0 aliphatic carbocycles. The minimum atomic E-state index is -3.64. The predicted molar refractivity (Wildman–Crippen MR) is 65.7 cm³/mol. The van der Waals surface area contributed by atoms with Gasteiger partial charge in [-0.15, -0.1) is 0 Å². The van der Waals surface area contributed by atoms with Crippen LogP contribution in [0.3, 0.4) is 0 Å². The van der Waals surface area contributed by atoms with E-state index in [1.807, 2.05) is 0 Å². The Bertz CT molecular complexity index is 591. The summed E-state index contributed by atoms with van der Waals surface area (Å²) in [5.74, 6) is -0.403. The van der Waals surface area contributed by atoms with Crippen molar-refractivity contribution in [2.45, 2.75) is 23.8 Å². The van der Waals surface area contributed by atoms with Crippen LogP contribution in [-0.2, 0) is 10.0 Å². The highest BCUT2D eigenvalue weighted by molar-refractivity contribution is 7.90. The summed E-state index contributed by atoms with van der Waals surface area (Å²) in [5.41, 5.74) is 0.287. The molecule has 1 atom stereocenters. The van der Waals surface area contributed by atoms with Crippen molar-refractivity contribution in [3.05, 3.63) is 29.8 Å². The van der Waals surface area contributed by atoms with Gasteiger partial charge in [-0.3, -0.25) is 4.79 Å². The van der Waals surface area contributed by atoms with Crippen molar-refractivity contribution in [2.24, 2.45) is 0 Å². The molecule has 1 aromatic carbocycles. The SMILES string of the molecule is O=C1c2ccccc2S(=O)(=O)N1CC1CCCN1. The average molecular weight is 266 g/mol. The van der Waals surface area contributed by atoms with Gasteiger partial charge in [0.1, 0.15) is 4.90 Å². The number of hydrogen-bond donors (Lipinski definition) is 1. The van der Waals surface area contributed by atoms with E-state index in [0.29, 0.717) is 0 Å². The summed E-state index contributed by atoms with van der Waals surface area (Å²) >= 11 is 0. The fourth-order valence-corrected chi connectivity index (χ4v) is 4.14. The minimum absolute atomic E-state index is 0.0815. The van der Waals surface area contributed by atoms with Crippen molar-refractivity contribution in [3.8, 4) is 0 Å². The highest BCUT2D eigenvalue weighted by atomic mass is 32.2. The van der Waals surface area contributed by atoms with Crippen molar-refractivity contribution in [2.75, 3.05) is 13.1 Å². The third-order valence-electron chi connectivity index (χ3n) is 3.46. The highest BCUT2D eigenvalue weighted by Crippen LogP contribution is 2.30. The summed E-state index contributed by atoms with van der Waals surface area (Å²) in [5, 5.41) is 3.21. The van der Waals surface area contributed by atoms with Gasteiger partial charge < -0.3 is 5.32 Å². The molecule has 1 unspecified atom stereocenters. The van der Waals surface area contributed by atoms with E-state index >= 15 is 0 Å². The van der Waals surface area contributed by atoms with Gasteiger partial charge in [-0.2, -0.15) is 0 Å². The Hall–Kier alpha value is -1.40. The second-order valence-corrected chi connectivity index (χ2v) is 6.46. The van der Waals surface area contributed by atoms with E-state index in [2.05, 4.69) is 5.32 Å². The Kier molecular flexibility index (Phi) is 2.64. The van der Waals surface area contributed by atoms with Crippen LogP contribution in [0.1, 0.15) is 23.2 Å². The van der Waals surface area contributed by atoms with Crippen LogP contribution in [0, 0.1) is 0 Å². The second-order valence-electron chi connectivity index (χ2n) is 4.63. The van der Waals surface area contributed by atoms with Crippen LogP contribution in [0.25, 0.3) is 0 Å². The first-order valence-electron chi connectivity index (χ1n) is 6.00. The van der Waals surface area contributed by atoms with Crippen molar-refractivity contribution < 1.29 is 13.2 Å². The summed E-state index contributed by atoms with van der Waals surface area (Å²) in [6, 6.07) is 6.46. The number of carbonyl (C=O) groups is 1. The quantitative estimate of drug-likeness (QED) is 0.850. The smallest absolute Gasteiger partial charge is 0.269 e. The number of nitrogens with one attached hydrogen (secondary N) is 1. The maximum absolute atomic E-state index is 12.3. The van der Waals surface area contributed by atoms with Crippen LogP contribution in [-0.4, -0.2) is 37.8 Å². The number of sulfonamides is 1. The molecule has 0 saturated carbocycles. The Morgan fingerprint density at radius 1 is 1.33 bits per heavy atom. The lowest BCUT2D eigenvalue weighted by Crippen LogP contribution is -2.40. The molecule has 6 heteroatoms. The third kappa shape index (κ3) is 1.64. The summed E-state index contributed by atoms with van der Waals surface area (Å²) < 4.78 is 25.5. The fraction of sp³-hybridized carbons (Fsp3) is 0.417.